The van der Waals surface area contributed by atoms with Gasteiger partial charge in [0.25, 0.3) is 0 Å². The Morgan fingerprint density at radius 3 is 3.21 bits per heavy atom. The molecule has 19 heavy (non-hydrogen) atoms. The fraction of sp³-hybridized carbons (Fsp3) is 0.692. The van der Waals surface area contributed by atoms with Gasteiger partial charge in [-0.3, -0.25) is 0 Å². The summed E-state index contributed by atoms with van der Waals surface area (Å²) in [6.45, 7) is 2.19. The molecule has 0 aromatic carbocycles. The first-order valence-corrected chi connectivity index (χ1v) is 8.81. The van der Waals surface area contributed by atoms with Crippen molar-refractivity contribution in [2.24, 2.45) is 0 Å². The number of aromatic nitrogens is 1. The molecule has 0 saturated heterocycles. The molecule has 106 valence electrons. The molecule has 1 aliphatic carbocycles. The molecule has 1 aromatic heterocycles. The minimum absolute atomic E-state index is 0.336. The number of nitrogens with zero attached hydrogens (tertiary/aromatic N) is 1. The smallest absolute Gasteiger partial charge is 0.357 e. The highest BCUT2D eigenvalue weighted by Gasteiger charge is 2.22. The molecule has 1 aromatic rings. The van der Waals surface area contributed by atoms with Crippen LogP contribution in [0.4, 0.5) is 5.13 Å². The molecule has 2 unspecified atom stereocenters. The van der Waals surface area contributed by atoms with Gasteiger partial charge in [-0.1, -0.05) is 6.42 Å². The van der Waals surface area contributed by atoms with Crippen molar-refractivity contribution in [3.05, 3.63) is 11.1 Å². The maximum atomic E-state index is 11.5. The molecule has 2 atom stereocenters. The molecule has 2 rings (SSSR count). The van der Waals surface area contributed by atoms with Crippen LogP contribution in [0.1, 0.15) is 43.1 Å². The largest absolute Gasteiger partial charge is 0.461 e. The minimum Gasteiger partial charge on any atom is -0.461 e. The summed E-state index contributed by atoms with van der Waals surface area (Å²) in [6, 6.07) is 0.479. The molecule has 1 saturated carbocycles. The highest BCUT2D eigenvalue weighted by molar-refractivity contribution is 7.99. The maximum absolute atomic E-state index is 11.5. The lowest BCUT2D eigenvalue weighted by Crippen LogP contribution is -2.28. The van der Waals surface area contributed by atoms with Crippen LogP contribution < -0.4 is 5.32 Å². The average molecular weight is 300 g/mol. The van der Waals surface area contributed by atoms with E-state index in [1.807, 2.05) is 11.8 Å². The number of thioether (sulfide) groups is 1. The van der Waals surface area contributed by atoms with E-state index in [0.29, 0.717) is 18.3 Å². The zero-order valence-electron chi connectivity index (χ0n) is 11.3. The third-order valence-electron chi connectivity index (χ3n) is 3.28. The van der Waals surface area contributed by atoms with Crippen LogP contribution in [-0.2, 0) is 4.74 Å². The van der Waals surface area contributed by atoms with Crippen LogP contribution >= 0.6 is 23.1 Å². The van der Waals surface area contributed by atoms with Gasteiger partial charge in [-0.2, -0.15) is 11.8 Å². The van der Waals surface area contributed by atoms with Gasteiger partial charge in [0.2, 0.25) is 0 Å². The quantitative estimate of drug-likeness (QED) is 0.845. The standard InChI is InChI=1S/C13H20N2O2S2/c1-3-17-12(16)11-8-19-13(15-11)14-9-5-4-6-10(7-9)18-2/h8-10H,3-7H2,1-2H3,(H,14,15). The van der Waals surface area contributed by atoms with Crippen molar-refractivity contribution in [2.45, 2.75) is 43.9 Å². The first-order chi connectivity index (χ1) is 9.22. The van der Waals surface area contributed by atoms with E-state index >= 15 is 0 Å². The number of carbonyl (C=O) groups is 1. The van der Waals surface area contributed by atoms with Crippen molar-refractivity contribution < 1.29 is 9.53 Å². The van der Waals surface area contributed by atoms with E-state index in [-0.39, 0.29) is 5.97 Å². The van der Waals surface area contributed by atoms with E-state index in [0.717, 1.165) is 10.4 Å². The van der Waals surface area contributed by atoms with Crippen molar-refractivity contribution in [3.63, 3.8) is 0 Å². The van der Waals surface area contributed by atoms with Crippen molar-refractivity contribution >= 4 is 34.2 Å². The zero-order valence-corrected chi connectivity index (χ0v) is 13.0. The van der Waals surface area contributed by atoms with Crippen molar-refractivity contribution in [1.82, 2.24) is 4.98 Å². The molecule has 0 amide bonds. The second-order valence-electron chi connectivity index (χ2n) is 4.62. The summed E-state index contributed by atoms with van der Waals surface area (Å²) < 4.78 is 4.94. The molecule has 0 spiro atoms. The maximum Gasteiger partial charge on any atom is 0.357 e. The second-order valence-corrected chi connectivity index (χ2v) is 6.62. The van der Waals surface area contributed by atoms with Gasteiger partial charge in [0.05, 0.1) is 6.61 Å². The highest BCUT2D eigenvalue weighted by Crippen LogP contribution is 2.29. The van der Waals surface area contributed by atoms with Gasteiger partial charge in [0.15, 0.2) is 10.8 Å². The summed E-state index contributed by atoms with van der Waals surface area (Å²) >= 11 is 3.42. The Bertz CT molecular complexity index is 423. The van der Waals surface area contributed by atoms with E-state index < -0.39 is 0 Å². The van der Waals surface area contributed by atoms with Gasteiger partial charge in [0.1, 0.15) is 0 Å². The Morgan fingerprint density at radius 1 is 1.63 bits per heavy atom. The van der Waals surface area contributed by atoms with Crippen molar-refractivity contribution in [2.75, 3.05) is 18.2 Å². The summed E-state index contributed by atoms with van der Waals surface area (Å²) in [4.78, 5) is 15.8. The second kappa shape index (κ2) is 7.14. The Morgan fingerprint density at radius 2 is 2.47 bits per heavy atom. The Kier molecular flexibility index (Phi) is 5.51. The molecule has 0 bridgehead atoms. The predicted octanol–water partition coefficient (Wildman–Crippen LogP) is 3.41. The highest BCUT2D eigenvalue weighted by atomic mass is 32.2. The SMILES string of the molecule is CCOC(=O)c1csc(NC2CCCC(SC)C2)n1. The first kappa shape index (κ1) is 14.7. The Hall–Kier alpha value is -0.750. The fourth-order valence-electron chi connectivity index (χ4n) is 2.30. The van der Waals surface area contributed by atoms with Crippen LogP contribution in [0.25, 0.3) is 0 Å². The number of ether oxygens (including phenoxy) is 1. The lowest BCUT2D eigenvalue weighted by Gasteiger charge is -2.28. The molecule has 1 fully saturated rings. The molecule has 0 radical (unpaired) electrons. The van der Waals surface area contributed by atoms with Crippen LogP contribution in [0.3, 0.4) is 0 Å². The number of carbonyl (C=O) groups excluding carboxylic acids is 1. The summed E-state index contributed by atoms with van der Waals surface area (Å²) in [5.41, 5.74) is 0.409. The third-order valence-corrected chi connectivity index (χ3v) is 5.14. The molecule has 1 heterocycles. The molecule has 1 aliphatic rings. The Balaban J connectivity index is 1.90. The number of anilines is 1. The number of esters is 1. The summed E-state index contributed by atoms with van der Waals surface area (Å²) in [7, 11) is 0. The summed E-state index contributed by atoms with van der Waals surface area (Å²) in [6.07, 6.45) is 7.11. The molecular formula is C13H20N2O2S2. The lowest BCUT2D eigenvalue weighted by atomic mass is 9.95. The van der Waals surface area contributed by atoms with E-state index in [2.05, 4.69) is 16.6 Å². The van der Waals surface area contributed by atoms with Gasteiger partial charge in [0, 0.05) is 16.7 Å². The van der Waals surface area contributed by atoms with Crippen molar-refractivity contribution in [3.8, 4) is 0 Å². The molecular weight excluding hydrogens is 280 g/mol. The van der Waals surface area contributed by atoms with E-state index in [9.17, 15) is 4.79 Å². The minimum atomic E-state index is -0.336. The number of hydrogen-bond donors (Lipinski definition) is 1. The van der Waals surface area contributed by atoms with E-state index in [1.165, 1.54) is 37.0 Å². The molecule has 4 nitrogen and oxygen atoms in total. The van der Waals surface area contributed by atoms with Gasteiger partial charge in [-0.05, 0) is 32.4 Å². The first-order valence-electron chi connectivity index (χ1n) is 6.65. The van der Waals surface area contributed by atoms with Gasteiger partial charge in [-0.15, -0.1) is 11.3 Å². The van der Waals surface area contributed by atoms with Gasteiger partial charge >= 0.3 is 5.97 Å². The van der Waals surface area contributed by atoms with Crippen LogP contribution in [0.5, 0.6) is 0 Å². The van der Waals surface area contributed by atoms with E-state index in [4.69, 9.17) is 4.74 Å². The Labute approximate surface area is 122 Å². The van der Waals surface area contributed by atoms with Crippen LogP contribution in [0.2, 0.25) is 0 Å². The summed E-state index contributed by atoms with van der Waals surface area (Å²) in [5, 5.41) is 6.78. The third kappa shape index (κ3) is 4.11. The van der Waals surface area contributed by atoms with Crippen molar-refractivity contribution in [1.29, 1.82) is 0 Å². The van der Waals surface area contributed by atoms with E-state index in [1.54, 1.807) is 12.3 Å². The topological polar surface area (TPSA) is 51.2 Å². The lowest BCUT2D eigenvalue weighted by molar-refractivity contribution is 0.0520. The number of hydrogen-bond acceptors (Lipinski definition) is 6. The number of nitrogens with one attached hydrogen (secondary N) is 1. The predicted molar refractivity (Wildman–Crippen MR) is 81.3 cm³/mol. The zero-order chi connectivity index (χ0) is 13.7. The molecule has 1 N–H and O–H groups in total. The fourth-order valence-corrected chi connectivity index (χ4v) is 3.89. The van der Waals surface area contributed by atoms with Crippen LogP contribution in [-0.4, -0.2) is 35.1 Å². The molecule has 0 aliphatic heterocycles. The van der Waals surface area contributed by atoms with Crippen LogP contribution in [0, 0.1) is 0 Å². The summed E-state index contributed by atoms with van der Waals surface area (Å²) in [5.74, 6) is -0.336. The average Bonchev–Trinajstić information content (AvgIpc) is 2.88. The number of rotatable bonds is 5. The van der Waals surface area contributed by atoms with Crippen LogP contribution in [0.15, 0.2) is 5.38 Å². The van der Waals surface area contributed by atoms with Gasteiger partial charge < -0.3 is 10.1 Å². The monoisotopic (exact) mass is 300 g/mol. The number of thiazole rings is 1. The normalized spacial score (nSPS) is 23.1. The molecule has 6 heteroatoms. The van der Waals surface area contributed by atoms with Gasteiger partial charge in [-0.25, -0.2) is 9.78 Å².